The highest BCUT2D eigenvalue weighted by Crippen LogP contribution is 2.42. The molecule has 0 fully saturated rings. The number of benzene rings is 3. The van der Waals surface area contributed by atoms with Gasteiger partial charge in [-0.05, 0) is 62.1 Å². The summed E-state index contributed by atoms with van der Waals surface area (Å²) >= 11 is 0. The number of carboxylic acids is 1. The predicted octanol–water partition coefficient (Wildman–Crippen LogP) is 6.09. The first-order valence-electron chi connectivity index (χ1n) is 8.66. The van der Waals surface area contributed by atoms with Gasteiger partial charge in [-0.2, -0.15) is 0 Å². The summed E-state index contributed by atoms with van der Waals surface area (Å²) in [5.74, 6) is -0.928. The maximum atomic E-state index is 11.9. The van der Waals surface area contributed by atoms with Gasteiger partial charge in [-0.1, -0.05) is 48.5 Å². The van der Waals surface area contributed by atoms with Gasteiger partial charge in [-0.25, -0.2) is 4.79 Å². The Labute approximate surface area is 154 Å². The van der Waals surface area contributed by atoms with Gasteiger partial charge in [0.05, 0.1) is 22.6 Å². The van der Waals surface area contributed by atoms with E-state index in [4.69, 9.17) is 0 Å². The molecule has 3 nitrogen and oxygen atoms in total. The van der Waals surface area contributed by atoms with Gasteiger partial charge >= 0.3 is 5.97 Å². The Bertz CT molecular complexity index is 884. The lowest BCUT2D eigenvalue weighted by atomic mass is 10.0. The number of para-hydroxylation sites is 3. The van der Waals surface area contributed by atoms with Crippen LogP contribution in [0.4, 0.5) is 17.1 Å². The minimum Gasteiger partial charge on any atom is -0.478 e. The fourth-order valence-electron chi connectivity index (χ4n) is 3.52. The van der Waals surface area contributed by atoms with Crippen LogP contribution in [0.25, 0.3) is 0 Å². The van der Waals surface area contributed by atoms with Gasteiger partial charge in [0.2, 0.25) is 0 Å². The molecule has 0 radical (unpaired) electrons. The van der Waals surface area contributed by atoms with Crippen molar-refractivity contribution in [1.29, 1.82) is 0 Å². The second-order valence-corrected chi connectivity index (χ2v) is 6.64. The van der Waals surface area contributed by atoms with Crippen LogP contribution in [0, 0.1) is 27.7 Å². The third-order valence-electron chi connectivity index (χ3n) is 4.70. The number of anilines is 3. The average Bonchev–Trinajstić information content (AvgIpc) is 2.60. The third-order valence-corrected chi connectivity index (χ3v) is 4.70. The molecule has 0 atom stereocenters. The third kappa shape index (κ3) is 3.08. The molecule has 0 bridgehead atoms. The normalized spacial score (nSPS) is 10.6. The van der Waals surface area contributed by atoms with Crippen LogP contribution in [-0.4, -0.2) is 11.1 Å². The lowest BCUT2D eigenvalue weighted by molar-refractivity contribution is 0.0698. The number of aryl methyl sites for hydroxylation is 4. The van der Waals surface area contributed by atoms with Crippen molar-refractivity contribution in [3.63, 3.8) is 0 Å². The van der Waals surface area contributed by atoms with Crippen LogP contribution in [0.5, 0.6) is 0 Å². The highest BCUT2D eigenvalue weighted by molar-refractivity contribution is 5.98. The van der Waals surface area contributed by atoms with E-state index in [-0.39, 0.29) is 5.56 Å². The lowest BCUT2D eigenvalue weighted by Crippen LogP contribution is -2.18. The van der Waals surface area contributed by atoms with Crippen LogP contribution in [0.15, 0.2) is 60.7 Å². The highest BCUT2D eigenvalue weighted by atomic mass is 16.4. The molecule has 3 aromatic rings. The number of hydrogen-bond acceptors (Lipinski definition) is 2. The maximum absolute atomic E-state index is 11.9. The van der Waals surface area contributed by atoms with Crippen molar-refractivity contribution in [2.75, 3.05) is 4.90 Å². The van der Waals surface area contributed by atoms with E-state index in [1.807, 2.05) is 24.3 Å². The Morgan fingerprint density at radius 3 is 1.54 bits per heavy atom. The van der Waals surface area contributed by atoms with E-state index < -0.39 is 5.97 Å². The quantitative estimate of drug-likeness (QED) is 0.622. The molecular weight excluding hydrogens is 322 g/mol. The van der Waals surface area contributed by atoms with E-state index >= 15 is 0 Å². The average molecular weight is 345 g/mol. The number of rotatable bonds is 4. The van der Waals surface area contributed by atoms with Crippen molar-refractivity contribution in [1.82, 2.24) is 0 Å². The summed E-state index contributed by atoms with van der Waals surface area (Å²) in [7, 11) is 0. The Kier molecular flexibility index (Phi) is 4.81. The van der Waals surface area contributed by atoms with E-state index in [2.05, 4.69) is 56.9 Å². The van der Waals surface area contributed by atoms with Crippen LogP contribution < -0.4 is 4.90 Å². The maximum Gasteiger partial charge on any atom is 0.337 e. The minimum atomic E-state index is -0.928. The molecule has 0 saturated carbocycles. The molecule has 3 aromatic carbocycles. The first kappa shape index (κ1) is 17.7. The topological polar surface area (TPSA) is 40.5 Å². The summed E-state index contributed by atoms with van der Waals surface area (Å²) in [5.41, 5.74) is 7.44. The molecule has 0 saturated heterocycles. The van der Waals surface area contributed by atoms with E-state index in [9.17, 15) is 9.90 Å². The Balaban J connectivity index is 2.41. The molecule has 0 aliphatic rings. The molecule has 3 heteroatoms. The molecule has 1 N–H and O–H groups in total. The van der Waals surface area contributed by atoms with E-state index in [0.29, 0.717) is 5.69 Å². The number of aromatic carboxylic acids is 1. The summed E-state index contributed by atoms with van der Waals surface area (Å²) in [6.45, 7) is 8.25. The predicted molar refractivity (Wildman–Crippen MR) is 107 cm³/mol. The molecule has 0 aliphatic heterocycles. The first-order chi connectivity index (χ1) is 12.4. The standard InChI is InChI=1S/C23H23NO2/c1-15-9-7-10-16(2)21(15)24(22-17(3)11-8-12-18(22)4)20-14-6-5-13-19(20)23(25)26/h5-14H,1-4H3,(H,25,26). The molecule has 0 aromatic heterocycles. The monoisotopic (exact) mass is 345 g/mol. The van der Waals surface area contributed by atoms with Crippen LogP contribution in [0.2, 0.25) is 0 Å². The molecule has 132 valence electrons. The zero-order valence-electron chi connectivity index (χ0n) is 15.6. The van der Waals surface area contributed by atoms with Gasteiger partial charge in [-0.15, -0.1) is 0 Å². The van der Waals surface area contributed by atoms with Gasteiger partial charge in [-0.3, -0.25) is 0 Å². The van der Waals surface area contributed by atoms with Crippen molar-refractivity contribution in [2.24, 2.45) is 0 Å². The van der Waals surface area contributed by atoms with Gasteiger partial charge in [0.1, 0.15) is 0 Å². The Hall–Kier alpha value is -3.07. The van der Waals surface area contributed by atoms with Crippen molar-refractivity contribution >= 4 is 23.0 Å². The fourth-order valence-corrected chi connectivity index (χ4v) is 3.52. The second-order valence-electron chi connectivity index (χ2n) is 6.64. The van der Waals surface area contributed by atoms with Gasteiger partial charge < -0.3 is 10.0 Å². The summed E-state index contributed by atoms with van der Waals surface area (Å²) in [6.07, 6.45) is 0. The largest absolute Gasteiger partial charge is 0.478 e. The number of carbonyl (C=O) groups is 1. The van der Waals surface area contributed by atoms with Crippen LogP contribution in [-0.2, 0) is 0 Å². The zero-order valence-corrected chi connectivity index (χ0v) is 15.6. The van der Waals surface area contributed by atoms with Crippen molar-refractivity contribution in [3.05, 3.63) is 88.5 Å². The molecule has 26 heavy (non-hydrogen) atoms. The van der Waals surface area contributed by atoms with Gasteiger partial charge in [0.25, 0.3) is 0 Å². The first-order valence-corrected chi connectivity index (χ1v) is 8.66. The number of nitrogens with zero attached hydrogens (tertiary/aromatic N) is 1. The second kappa shape index (κ2) is 7.04. The van der Waals surface area contributed by atoms with E-state index in [1.165, 1.54) is 0 Å². The zero-order chi connectivity index (χ0) is 18.8. The molecule has 0 heterocycles. The number of carboxylic acid groups (broad SMARTS) is 1. The highest BCUT2D eigenvalue weighted by Gasteiger charge is 2.23. The molecule has 0 unspecified atom stereocenters. The van der Waals surface area contributed by atoms with Gasteiger partial charge in [0, 0.05) is 0 Å². The number of hydrogen-bond donors (Lipinski definition) is 1. The minimum absolute atomic E-state index is 0.290. The Morgan fingerprint density at radius 2 is 1.12 bits per heavy atom. The smallest absolute Gasteiger partial charge is 0.337 e. The van der Waals surface area contributed by atoms with Crippen molar-refractivity contribution < 1.29 is 9.90 Å². The summed E-state index contributed by atoms with van der Waals surface area (Å²) in [4.78, 5) is 14.0. The molecular formula is C23H23NO2. The summed E-state index contributed by atoms with van der Waals surface area (Å²) < 4.78 is 0. The van der Waals surface area contributed by atoms with Crippen LogP contribution in [0.1, 0.15) is 32.6 Å². The van der Waals surface area contributed by atoms with Crippen molar-refractivity contribution in [3.8, 4) is 0 Å². The summed E-state index contributed by atoms with van der Waals surface area (Å²) in [5, 5.41) is 9.76. The van der Waals surface area contributed by atoms with E-state index in [0.717, 1.165) is 33.6 Å². The molecule has 3 rings (SSSR count). The summed E-state index contributed by atoms with van der Waals surface area (Å²) in [6, 6.07) is 19.5. The van der Waals surface area contributed by atoms with Crippen LogP contribution in [0.3, 0.4) is 0 Å². The van der Waals surface area contributed by atoms with Crippen molar-refractivity contribution in [2.45, 2.75) is 27.7 Å². The SMILES string of the molecule is Cc1cccc(C)c1N(c1ccccc1C(=O)O)c1c(C)cccc1C. The van der Waals surface area contributed by atoms with E-state index in [1.54, 1.807) is 12.1 Å². The molecule has 0 spiro atoms. The lowest BCUT2D eigenvalue weighted by Gasteiger charge is -2.32. The van der Waals surface area contributed by atoms with Gasteiger partial charge in [0.15, 0.2) is 0 Å². The molecule has 0 amide bonds. The Morgan fingerprint density at radius 1 is 0.692 bits per heavy atom. The molecule has 0 aliphatic carbocycles. The fraction of sp³-hybridized carbons (Fsp3) is 0.174. The van der Waals surface area contributed by atoms with Crippen LogP contribution >= 0.6 is 0 Å².